The third-order valence-corrected chi connectivity index (χ3v) is 12.1. The number of carbonyl (C=O) groups excluding carboxylic acids is 7. The largest absolute Gasteiger partial charge is 0.370 e. The Morgan fingerprint density at radius 3 is 2.21 bits per heavy atom. The fraction of sp³-hybridized carbons (Fsp3) is 0.417. The van der Waals surface area contributed by atoms with Crippen molar-refractivity contribution in [3.8, 4) is 0 Å². The third kappa shape index (κ3) is 12.9. The molecule has 18 heteroatoms. The summed E-state index contributed by atoms with van der Waals surface area (Å²) in [6.07, 6.45) is 3.59. The molecule has 6 atom stereocenters. The van der Waals surface area contributed by atoms with Crippen molar-refractivity contribution in [1.29, 1.82) is 5.41 Å². The van der Waals surface area contributed by atoms with Crippen molar-refractivity contribution in [2.75, 3.05) is 26.7 Å². The molecular weight excluding hydrogens is 843 g/mol. The molecule has 2 aliphatic heterocycles. The Hall–Kier alpha value is -7.24. The Labute approximate surface area is 384 Å². The van der Waals surface area contributed by atoms with Crippen LogP contribution in [-0.4, -0.2) is 125 Å². The molecule has 66 heavy (non-hydrogen) atoms. The van der Waals surface area contributed by atoms with Crippen LogP contribution in [0.2, 0.25) is 0 Å². The predicted molar refractivity (Wildman–Crippen MR) is 248 cm³/mol. The van der Waals surface area contributed by atoms with Crippen molar-refractivity contribution >= 4 is 58.2 Å². The lowest BCUT2D eigenvalue weighted by molar-refractivity contribution is -0.148. The highest BCUT2D eigenvalue weighted by Gasteiger charge is 2.42. The Morgan fingerprint density at radius 2 is 1.50 bits per heavy atom. The molecule has 6 rings (SSSR count). The zero-order chi connectivity index (χ0) is 47.2. The molecule has 0 bridgehead atoms. The molecule has 2 saturated heterocycles. The molecule has 10 N–H and O–H groups in total. The van der Waals surface area contributed by atoms with Gasteiger partial charge in [0.1, 0.15) is 36.3 Å². The van der Waals surface area contributed by atoms with Gasteiger partial charge in [0, 0.05) is 70.0 Å². The van der Waals surface area contributed by atoms with Gasteiger partial charge in [-0.3, -0.25) is 39.0 Å². The summed E-state index contributed by atoms with van der Waals surface area (Å²) in [4.78, 5) is 105. The minimum atomic E-state index is -1.19. The van der Waals surface area contributed by atoms with Gasteiger partial charge in [-0.25, -0.2) is 0 Å². The molecule has 2 aliphatic rings. The Kier molecular flexibility index (Phi) is 16.9. The highest BCUT2D eigenvalue weighted by Crippen LogP contribution is 2.24. The van der Waals surface area contributed by atoms with Crippen LogP contribution < -0.4 is 37.6 Å². The molecule has 4 aromatic rings. The maximum Gasteiger partial charge on any atom is 0.245 e. The SMILES string of the molecule is CC(=O)N[C@@H](Cc1ccccc1)C(=O)N[C@H]1CCCNC(=O)C(CCCNC(=N)N)NC(=O)C(Cc2c[nH]c3ccccc23)NC(=O)[C@@H](Cc2ccccc2)N(C)C(=O)C2CCCN2C1=O. The number of rotatable bonds is 13. The molecule has 2 fully saturated rings. The summed E-state index contributed by atoms with van der Waals surface area (Å²) in [6.45, 7) is 1.82. The number of nitrogens with zero attached hydrogens (tertiary/aromatic N) is 2. The van der Waals surface area contributed by atoms with E-state index in [4.69, 9.17) is 11.1 Å². The van der Waals surface area contributed by atoms with Crippen molar-refractivity contribution in [2.45, 2.75) is 101 Å². The highest BCUT2D eigenvalue weighted by atomic mass is 16.2. The first-order valence-corrected chi connectivity index (χ1v) is 22.5. The second-order valence-electron chi connectivity index (χ2n) is 17.0. The first kappa shape index (κ1) is 48.2. The van der Waals surface area contributed by atoms with Crippen LogP contribution in [-0.2, 0) is 52.8 Å². The van der Waals surface area contributed by atoms with E-state index in [0.29, 0.717) is 19.3 Å². The summed E-state index contributed by atoms with van der Waals surface area (Å²) in [7, 11) is 1.51. The summed E-state index contributed by atoms with van der Waals surface area (Å²) in [5.74, 6) is -4.02. The fourth-order valence-electron chi connectivity index (χ4n) is 8.66. The zero-order valence-electron chi connectivity index (χ0n) is 37.4. The van der Waals surface area contributed by atoms with E-state index in [-0.39, 0.29) is 64.1 Å². The number of para-hydroxylation sites is 1. The number of H-pyrrole nitrogens is 1. The molecule has 0 radical (unpaired) electrons. The molecule has 0 saturated carbocycles. The van der Waals surface area contributed by atoms with Crippen molar-refractivity contribution in [1.82, 2.24) is 46.7 Å². The molecule has 3 unspecified atom stereocenters. The van der Waals surface area contributed by atoms with E-state index in [1.807, 2.05) is 84.9 Å². The smallest absolute Gasteiger partial charge is 0.245 e. The third-order valence-electron chi connectivity index (χ3n) is 12.1. The number of aromatic nitrogens is 1. The van der Waals surface area contributed by atoms with Crippen LogP contribution in [0.5, 0.6) is 0 Å². The predicted octanol–water partition coefficient (Wildman–Crippen LogP) is 1.15. The van der Waals surface area contributed by atoms with Crippen LogP contribution in [0.1, 0.15) is 62.1 Å². The van der Waals surface area contributed by atoms with E-state index in [9.17, 15) is 33.6 Å². The van der Waals surface area contributed by atoms with Gasteiger partial charge in [-0.2, -0.15) is 0 Å². The topological polar surface area (TPSA) is 264 Å². The molecule has 1 aromatic heterocycles. The van der Waals surface area contributed by atoms with E-state index >= 15 is 0 Å². The standard InChI is InChI=1S/C48H61N11O7/c1-30(60)54-38(26-31-14-5-3-6-15-31)43(62)56-37-21-12-23-51-42(61)36(20-11-24-52-48(49)50)55-44(63)39(28-33-29-53-35-19-10-9-18-34(33)35)57-45(64)41(27-32-16-7-4-8-17-32)58(2)47(66)40-22-13-25-59(40)46(37)65/h3-10,14-19,29,36-41,53H,11-13,20-28H2,1-2H3,(H,51,61)(H,54,60)(H,55,63)(H,56,62)(H,57,64)(H4,49,50,52)/t36?,37-,38-,39?,40?,41+/m0/s1. The normalized spacial score (nSPS) is 21.7. The number of likely N-dealkylation sites (N-methyl/N-ethyl adjacent to an activating group) is 1. The fourth-order valence-corrected chi connectivity index (χ4v) is 8.66. The Balaban J connectivity index is 1.34. The zero-order valence-corrected chi connectivity index (χ0v) is 37.4. The van der Waals surface area contributed by atoms with Crippen molar-refractivity contribution in [2.24, 2.45) is 5.73 Å². The maximum atomic E-state index is 14.8. The van der Waals surface area contributed by atoms with Gasteiger partial charge in [0.25, 0.3) is 0 Å². The molecular formula is C48H61N11O7. The van der Waals surface area contributed by atoms with Crippen molar-refractivity contribution in [3.05, 3.63) is 108 Å². The van der Waals surface area contributed by atoms with Crippen LogP contribution in [0.25, 0.3) is 10.9 Å². The molecule has 3 heterocycles. The maximum absolute atomic E-state index is 14.8. The van der Waals surface area contributed by atoms with Gasteiger partial charge in [-0.05, 0) is 61.3 Å². The Bertz CT molecular complexity index is 2360. The van der Waals surface area contributed by atoms with Crippen molar-refractivity contribution < 1.29 is 33.6 Å². The number of nitrogens with one attached hydrogen (secondary N) is 8. The summed E-state index contributed by atoms with van der Waals surface area (Å²) in [6, 6.07) is 19.3. The summed E-state index contributed by atoms with van der Waals surface area (Å²) >= 11 is 0. The highest BCUT2D eigenvalue weighted by molar-refractivity contribution is 5.98. The van der Waals surface area contributed by atoms with E-state index in [1.165, 1.54) is 23.8 Å². The quantitative estimate of drug-likeness (QED) is 0.0529. The van der Waals surface area contributed by atoms with E-state index in [0.717, 1.165) is 27.6 Å². The lowest BCUT2D eigenvalue weighted by Gasteiger charge is -2.35. The van der Waals surface area contributed by atoms with Crippen LogP contribution in [0.15, 0.2) is 91.1 Å². The van der Waals surface area contributed by atoms with E-state index in [1.54, 1.807) is 6.20 Å². The molecule has 3 aromatic carbocycles. The number of carbonyl (C=O) groups is 7. The molecule has 0 spiro atoms. The van der Waals surface area contributed by atoms with Crippen LogP contribution in [0, 0.1) is 5.41 Å². The first-order valence-electron chi connectivity index (χ1n) is 22.5. The molecule has 350 valence electrons. The minimum Gasteiger partial charge on any atom is -0.370 e. The van der Waals surface area contributed by atoms with Crippen LogP contribution >= 0.6 is 0 Å². The van der Waals surface area contributed by atoms with Crippen LogP contribution in [0.4, 0.5) is 0 Å². The second kappa shape index (κ2) is 23.1. The molecule has 7 amide bonds. The summed E-state index contributed by atoms with van der Waals surface area (Å²) in [5.41, 5.74) is 8.61. The summed E-state index contributed by atoms with van der Waals surface area (Å²) in [5, 5.41) is 25.4. The molecule has 0 aliphatic carbocycles. The van der Waals surface area contributed by atoms with E-state index in [2.05, 4.69) is 36.9 Å². The summed E-state index contributed by atoms with van der Waals surface area (Å²) < 4.78 is 0. The van der Waals surface area contributed by atoms with E-state index < -0.39 is 77.6 Å². The Morgan fingerprint density at radius 1 is 0.818 bits per heavy atom. The average Bonchev–Trinajstić information content (AvgIpc) is 3.97. The number of fused-ring (bicyclic) bond motifs is 2. The number of hydrogen-bond donors (Lipinski definition) is 9. The number of nitrogens with two attached hydrogens (primary N) is 1. The lowest BCUT2D eigenvalue weighted by atomic mass is 10.00. The first-order chi connectivity index (χ1) is 31.8. The van der Waals surface area contributed by atoms with Crippen molar-refractivity contribution in [3.63, 3.8) is 0 Å². The van der Waals surface area contributed by atoms with Gasteiger partial charge in [0.2, 0.25) is 41.4 Å². The van der Waals surface area contributed by atoms with Gasteiger partial charge in [0.05, 0.1) is 0 Å². The van der Waals surface area contributed by atoms with Gasteiger partial charge in [0.15, 0.2) is 5.96 Å². The van der Waals surface area contributed by atoms with Gasteiger partial charge in [-0.15, -0.1) is 0 Å². The lowest BCUT2D eigenvalue weighted by Crippen LogP contribution is -2.60. The molecule has 18 nitrogen and oxygen atoms in total. The van der Waals surface area contributed by atoms with Gasteiger partial charge >= 0.3 is 0 Å². The second-order valence-corrected chi connectivity index (χ2v) is 17.0. The number of guanidine groups is 1. The van der Waals surface area contributed by atoms with Crippen LogP contribution in [0.3, 0.4) is 0 Å². The monoisotopic (exact) mass is 903 g/mol. The number of amides is 7. The van der Waals surface area contributed by atoms with Gasteiger partial charge < -0.3 is 52.4 Å². The number of hydrogen-bond acceptors (Lipinski definition) is 8. The average molecular weight is 904 g/mol. The number of aromatic amines is 1. The minimum absolute atomic E-state index is 0.0453. The number of benzene rings is 3. The van der Waals surface area contributed by atoms with Gasteiger partial charge in [-0.1, -0.05) is 78.9 Å².